The third kappa shape index (κ3) is 6.98. The zero-order valence-corrected chi connectivity index (χ0v) is 16.5. The van der Waals surface area contributed by atoms with Crippen LogP contribution in [0.25, 0.3) is 5.57 Å². The maximum Gasteiger partial charge on any atom is 0.333 e. The Morgan fingerprint density at radius 2 is 2.11 bits per heavy atom. The van der Waals surface area contributed by atoms with E-state index in [2.05, 4.69) is 16.2 Å². The molecule has 0 radical (unpaired) electrons. The van der Waals surface area contributed by atoms with Crippen molar-refractivity contribution in [1.29, 1.82) is 0 Å². The number of carbonyl (C=O) groups is 2. The summed E-state index contributed by atoms with van der Waals surface area (Å²) in [5.41, 5.74) is 2.89. The van der Waals surface area contributed by atoms with E-state index in [0.29, 0.717) is 17.0 Å². The van der Waals surface area contributed by atoms with Crippen LogP contribution in [0.4, 0.5) is 5.82 Å². The van der Waals surface area contributed by atoms with E-state index in [4.69, 9.17) is 15.9 Å². The van der Waals surface area contributed by atoms with Gasteiger partial charge in [0.1, 0.15) is 12.4 Å². The SMILES string of the molecule is C#C/C=C(\C=C(/C)C(=O)OC)c1cc(N[C@@H](CC)COC(C)=O)ncc1C. The third-order valence-electron chi connectivity index (χ3n) is 3.86. The molecule has 1 heterocycles. The van der Waals surface area contributed by atoms with Crippen LogP contribution in [0.15, 0.2) is 30.0 Å². The van der Waals surface area contributed by atoms with E-state index in [0.717, 1.165) is 17.5 Å². The molecule has 1 atom stereocenters. The van der Waals surface area contributed by atoms with Gasteiger partial charge in [-0.1, -0.05) is 12.8 Å². The Kier molecular flexibility index (Phi) is 8.80. The molecular weight excluding hydrogens is 344 g/mol. The van der Waals surface area contributed by atoms with Crippen molar-refractivity contribution in [2.75, 3.05) is 19.0 Å². The first-order chi connectivity index (χ1) is 12.8. The van der Waals surface area contributed by atoms with Crippen molar-refractivity contribution in [3.63, 3.8) is 0 Å². The Morgan fingerprint density at radius 3 is 2.67 bits per heavy atom. The Bertz CT molecular complexity index is 788. The number of ether oxygens (including phenoxy) is 2. The molecule has 6 heteroatoms. The van der Waals surface area contributed by atoms with Crippen molar-refractivity contribution >= 4 is 23.3 Å². The molecule has 0 amide bonds. The summed E-state index contributed by atoms with van der Waals surface area (Å²) in [7, 11) is 1.33. The topological polar surface area (TPSA) is 77.5 Å². The van der Waals surface area contributed by atoms with E-state index in [1.165, 1.54) is 14.0 Å². The van der Waals surface area contributed by atoms with Crippen molar-refractivity contribution in [3.8, 4) is 12.3 Å². The van der Waals surface area contributed by atoms with Gasteiger partial charge in [0.15, 0.2) is 0 Å². The summed E-state index contributed by atoms with van der Waals surface area (Å²) < 4.78 is 9.81. The Labute approximate surface area is 160 Å². The summed E-state index contributed by atoms with van der Waals surface area (Å²) in [4.78, 5) is 27.1. The molecule has 6 nitrogen and oxygen atoms in total. The highest BCUT2D eigenvalue weighted by molar-refractivity contribution is 5.92. The molecule has 0 aliphatic rings. The van der Waals surface area contributed by atoms with Crippen LogP contribution in [0, 0.1) is 19.3 Å². The fourth-order valence-corrected chi connectivity index (χ4v) is 2.34. The monoisotopic (exact) mass is 370 g/mol. The zero-order chi connectivity index (χ0) is 20.4. The minimum atomic E-state index is -0.421. The summed E-state index contributed by atoms with van der Waals surface area (Å²) in [6.45, 7) is 7.20. The predicted octanol–water partition coefficient (Wildman–Crippen LogP) is 3.28. The second-order valence-corrected chi connectivity index (χ2v) is 6.02. The van der Waals surface area contributed by atoms with Crippen LogP contribution in [0.3, 0.4) is 0 Å². The number of anilines is 1. The van der Waals surface area contributed by atoms with Crippen LogP contribution in [0.5, 0.6) is 0 Å². The molecule has 1 N–H and O–H groups in total. The number of hydrogen-bond donors (Lipinski definition) is 1. The van der Waals surface area contributed by atoms with Crippen LogP contribution in [-0.4, -0.2) is 36.7 Å². The second-order valence-electron chi connectivity index (χ2n) is 6.02. The zero-order valence-electron chi connectivity index (χ0n) is 16.5. The van der Waals surface area contributed by atoms with Crippen molar-refractivity contribution in [2.45, 2.75) is 40.2 Å². The van der Waals surface area contributed by atoms with Gasteiger partial charge in [0.05, 0.1) is 13.2 Å². The number of nitrogens with zero attached hydrogens (tertiary/aromatic N) is 1. The summed E-state index contributed by atoms with van der Waals surface area (Å²) in [5.74, 6) is 2.38. The number of rotatable bonds is 8. The number of aromatic nitrogens is 1. The molecule has 1 aromatic heterocycles. The molecular formula is C21H26N2O4. The van der Waals surface area contributed by atoms with Gasteiger partial charge in [0, 0.05) is 18.7 Å². The van der Waals surface area contributed by atoms with Crippen molar-refractivity contribution in [1.82, 2.24) is 4.98 Å². The number of hydrogen-bond acceptors (Lipinski definition) is 6. The Morgan fingerprint density at radius 1 is 1.41 bits per heavy atom. The van der Waals surface area contributed by atoms with Gasteiger partial charge in [-0.15, -0.1) is 6.42 Å². The van der Waals surface area contributed by atoms with Gasteiger partial charge in [-0.05, 0) is 55.2 Å². The van der Waals surface area contributed by atoms with Gasteiger partial charge >= 0.3 is 11.9 Å². The lowest BCUT2D eigenvalue weighted by atomic mass is 9.99. The van der Waals surface area contributed by atoms with Crippen LogP contribution >= 0.6 is 0 Å². The number of nitrogens with one attached hydrogen (secondary N) is 1. The lowest BCUT2D eigenvalue weighted by Gasteiger charge is -2.18. The maximum absolute atomic E-state index is 11.7. The quantitative estimate of drug-likeness (QED) is 0.327. The van der Waals surface area contributed by atoms with Crippen molar-refractivity contribution in [2.24, 2.45) is 0 Å². The van der Waals surface area contributed by atoms with E-state index in [1.807, 2.05) is 19.9 Å². The van der Waals surface area contributed by atoms with Crippen LogP contribution < -0.4 is 5.32 Å². The minimum absolute atomic E-state index is 0.0654. The number of aryl methyl sites for hydroxylation is 1. The lowest BCUT2D eigenvalue weighted by Crippen LogP contribution is -2.26. The maximum atomic E-state index is 11.7. The molecule has 0 saturated carbocycles. The summed E-state index contributed by atoms with van der Waals surface area (Å²) in [5, 5.41) is 3.26. The normalized spacial score (nSPS) is 12.7. The highest BCUT2D eigenvalue weighted by atomic mass is 16.5. The number of carbonyl (C=O) groups excluding carboxylic acids is 2. The number of terminal acetylenes is 1. The largest absolute Gasteiger partial charge is 0.466 e. The average molecular weight is 370 g/mol. The van der Waals surface area contributed by atoms with Gasteiger partial charge in [0.2, 0.25) is 0 Å². The van der Waals surface area contributed by atoms with Crippen LogP contribution in [0.2, 0.25) is 0 Å². The van der Waals surface area contributed by atoms with E-state index in [9.17, 15) is 9.59 Å². The first-order valence-electron chi connectivity index (χ1n) is 8.62. The predicted molar refractivity (Wildman–Crippen MR) is 106 cm³/mol. The molecule has 27 heavy (non-hydrogen) atoms. The highest BCUT2D eigenvalue weighted by Gasteiger charge is 2.12. The lowest BCUT2D eigenvalue weighted by molar-refractivity contribution is -0.141. The number of methoxy groups -OCH3 is 1. The molecule has 0 saturated heterocycles. The molecule has 1 rings (SSSR count). The van der Waals surface area contributed by atoms with Gasteiger partial charge in [0.25, 0.3) is 0 Å². The Hall–Kier alpha value is -3.07. The summed E-state index contributed by atoms with van der Waals surface area (Å²) in [6.07, 6.45) is 11.2. The van der Waals surface area contributed by atoms with Gasteiger partial charge in [-0.25, -0.2) is 9.78 Å². The second kappa shape index (κ2) is 10.8. The summed E-state index contributed by atoms with van der Waals surface area (Å²) in [6, 6.07) is 1.79. The minimum Gasteiger partial charge on any atom is -0.466 e. The molecule has 0 spiro atoms. The van der Waals surface area contributed by atoms with Crippen LogP contribution in [-0.2, 0) is 19.1 Å². The fourth-order valence-electron chi connectivity index (χ4n) is 2.34. The first-order valence-corrected chi connectivity index (χ1v) is 8.62. The van der Waals surface area contributed by atoms with Crippen molar-refractivity contribution in [3.05, 3.63) is 41.1 Å². The molecule has 0 unspecified atom stereocenters. The van der Waals surface area contributed by atoms with E-state index in [-0.39, 0.29) is 18.6 Å². The van der Waals surface area contributed by atoms with Gasteiger partial charge < -0.3 is 14.8 Å². The molecule has 144 valence electrons. The van der Waals surface area contributed by atoms with Crippen molar-refractivity contribution < 1.29 is 19.1 Å². The molecule has 0 fully saturated rings. The van der Waals surface area contributed by atoms with Crippen LogP contribution in [0.1, 0.15) is 38.3 Å². The summed E-state index contributed by atoms with van der Waals surface area (Å²) >= 11 is 0. The Balaban J connectivity index is 3.18. The highest BCUT2D eigenvalue weighted by Crippen LogP contribution is 2.24. The number of pyridine rings is 1. The number of esters is 2. The van der Waals surface area contributed by atoms with Gasteiger partial charge in [-0.3, -0.25) is 4.79 Å². The smallest absolute Gasteiger partial charge is 0.333 e. The standard InChI is InChI=1S/C21H26N2O4/c1-7-9-17(10-14(3)21(25)26-6)19-11-20(22-12-15(19)4)23-18(8-2)13-27-16(5)24/h1,9-12,18H,8,13H2,2-6H3,(H,22,23)/b14-10+,17-9+/t18-/m0/s1. The molecule has 0 bridgehead atoms. The first kappa shape index (κ1) is 22.0. The molecule has 0 aliphatic carbocycles. The molecule has 1 aromatic rings. The van der Waals surface area contributed by atoms with E-state index >= 15 is 0 Å². The molecule has 0 aliphatic heterocycles. The molecule has 0 aromatic carbocycles. The fraction of sp³-hybridized carbons (Fsp3) is 0.381. The van der Waals surface area contributed by atoms with E-state index < -0.39 is 5.97 Å². The number of allylic oxidation sites excluding steroid dienone is 3. The average Bonchev–Trinajstić information content (AvgIpc) is 2.65. The van der Waals surface area contributed by atoms with E-state index in [1.54, 1.807) is 25.3 Å². The van der Waals surface area contributed by atoms with Gasteiger partial charge in [-0.2, -0.15) is 0 Å². The third-order valence-corrected chi connectivity index (χ3v) is 3.86.